The Balaban J connectivity index is 1.47. The summed E-state index contributed by atoms with van der Waals surface area (Å²) < 4.78 is 41.5. The van der Waals surface area contributed by atoms with E-state index >= 15 is 0 Å². The molecule has 4 aromatic rings. The van der Waals surface area contributed by atoms with Gasteiger partial charge in [0.25, 0.3) is 5.91 Å². The van der Waals surface area contributed by atoms with Crippen LogP contribution in [0.1, 0.15) is 27.3 Å². The van der Waals surface area contributed by atoms with Crippen LogP contribution in [0.5, 0.6) is 0 Å². The van der Waals surface area contributed by atoms with Gasteiger partial charge in [0.15, 0.2) is 0 Å². The number of halogens is 3. The average Bonchev–Trinajstić information content (AvgIpc) is 3.16. The molecule has 35 heavy (non-hydrogen) atoms. The highest BCUT2D eigenvalue weighted by molar-refractivity contribution is 6.06. The van der Waals surface area contributed by atoms with Crippen LogP contribution in [0.4, 0.5) is 24.7 Å². The third-order valence-electron chi connectivity index (χ3n) is 5.92. The van der Waals surface area contributed by atoms with Crippen LogP contribution in [0.25, 0.3) is 11.0 Å². The molecular formula is C25H22F3N5O2. The van der Waals surface area contributed by atoms with E-state index in [0.717, 1.165) is 17.2 Å². The maximum Gasteiger partial charge on any atom is 0.433 e. The second-order valence-electron chi connectivity index (χ2n) is 8.63. The molecule has 1 aromatic carbocycles. The lowest BCUT2D eigenvalue weighted by Crippen LogP contribution is -2.51. The minimum Gasteiger partial charge on any atom is -0.389 e. The predicted octanol–water partition coefficient (Wildman–Crippen LogP) is 4.24. The van der Waals surface area contributed by atoms with Crippen LogP contribution >= 0.6 is 0 Å². The van der Waals surface area contributed by atoms with E-state index in [2.05, 4.69) is 15.3 Å². The molecule has 0 atom stereocenters. The number of nitrogens with one attached hydrogen (secondary N) is 1. The highest BCUT2D eigenvalue weighted by atomic mass is 19.4. The maximum atomic E-state index is 13.3. The fraction of sp³-hybridized carbons (Fsp3) is 0.240. The van der Waals surface area contributed by atoms with Crippen molar-refractivity contribution in [3.63, 3.8) is 0 Å². The van der Waals surface area contributed by atoms with E-state index in [0.29, 0.717) is 30.0 Å². The van der Waals surface area contributed by atoms with Gasteiger partial charge in [-0.25, -0.2) is 9.97 Å². The normalized spacial score (nSPS) is 14.3. The molecule has 2 N–H and O–H groups in total. The number of fused-ring (bicyclic) bond motifs is 1. The molecule has 0 bridgehead atoms. The first-order chi connectivity index (χ1) is 16.7. The number of hydrogen-bond donors (Lipinski definition) is 2. The first-order valence-corrected chi connectivity index (χ1v) is 11.0. The van der Waals surface area contributed by atoms with E-state index < -0.39 is 17.8 Å². The third kappa shape index (κ3) is 4.69. The van der Waals surface area contributed by atoms with E-state index in [1.165, 1.54) is 22.9 Å². The van der Waals surface area contributed by atoms with E-state index in [1.807, 2.05) is 36.1 Å². The summed E-state index contributed by atoms with van der Waals surface area (Å²) in [7, 11) is 0. The van der Waals surface area contributed by atoms with Crippen LogP contribution < -0.4 is 10.2 Å². The van der Waals surface area contributed by atoms with Crippen molar-refractivity contribution in [1.29, 1.82) is 0 Å². The first kappa shape index (κ1) is 22.9. The number of aryl methyl sites for hydroxylation is 1. The molecule has 180 valence electrons. The van der Waals surface area contributed by atoms with Crippen LogP contribution in [0.15, 0.2) is 60.8 Å². The molecule has 7 nitrogen and oxygen atoms in total. The molecule has 1 aliphatic heterocycles. The van der Waals surface area contributed by atoms with Crippen molar-refractivity contribution in [2.24, 2.45) is 0 Å². The van der Waals surface area contributed by atoms with Crippen LogP contribution in [-0.2, 0) is 12.7 Å². The molecule has 1 fully saturated rings. The van der Waals surface area contributed by atoms with Gasteiger partial charge >= 0.3 is 6.18 Å². The molecule has 1 saturated heterocycles. The topological polar surface area (TPSA) is 83.3 Å². The van der Waals surface area contributed by atoms with E-state index in [-0.39, 0.29) is 24.0 Å². The number of benzene rings is 1. The molecule has 0 spiro atoms. The van der Waals surface area contributed by atoms with Gasteiger partial charge in [0.2, 0.25) is 0 Å². The highest BCUT2D eigenvalue weighted by Crippen LogP contribution is 2.30. The number of hydrogen-bond acceptors (Lipinski definition) is 5. The molecule has 3 aromatic heterocycles. The zero-order valence-corrected chi connectivity index (χ0v) is 18.8. The Kier molecular flexibility index (Phi) is 5.68. The number of nitrogens with zero attached hydrogens (tertiary/aromatic N) is 4. The van der Waals surface area contributed by atoms with Gasteiger partial charge in [-0.2, -0.15) is 13.2 Å². The molecule has 1 amide bonds. The summed E-state index contributed by atoms with van der Waals surface area (Å²) in [5, 5.41) is 12.7. The summed E-state index contributed by atoms with van der Waals surface area (Å²) in [6.07, 6.45) is -3.46. The van der Waals surface area contributed by atoms with Crippen molar-refractivity contribution in [2.75, 3.05) is 23.3 Å². The minimum absolute atomic E-state index is 0.0790. The molecule has 4 heterocycles. The summed E-state index contributed by atoms with van der Waals surface area (Å²) >= 11 is 0. The number of rotatable bonds is 5. The van der Waals surface area contributed by atoms with Gasteiger partial charge in [0.05, 0.1) is 18.0 Å². The van der Waals surface area contributed by atoms with Crippen LogP contribution in [0, 0.1) is 6.92 Å². The molecular weight excluding hydrogens is 459 g/mol. The summed E-state index contributed by atoms with van der Waals surface area (Å²) in [5.41, 5.74) is 1.55. The van der Waals surface area contributed by atoms with Crippen molar-refractivity contribution in [3.8, 4) is 0 Å². The Hall–Kier alpha value is -3.92. The van der Waals surface area contributed by atoms with E-state index in [4.69, 9.17) is 0 Å². The quantitative estimate of drug-likeness (QED) is 0.446. The maximum absolute atomic E-state index is 13.3. The number of carbonyl (C=O) groups is 1. The number of alkyl halides is 3. The number of amides is 1. The van der Waals surface area contributed by atoms with Crippen LogP contribution in [0.3, 0.4) is 0 Å². The standard InChI is InChI=1S/C25H22F3N5O2/c1-15-2-4-16(5-3-15)12-33-20(10-17-6-8-21(25(26,27)28)31-23(17)33)24(35)30-18-7-9-22(29-11-18)32-13-19(34)14-32/h2-11,19,34H,12-14H2,1H3,(H,30,35). The molecule has 10 heteroatoms. The van der Waals surface area contributed by atoms with Crippen LogP contribution in [0.2, 0.25) is 0 Å². The lowest BCUT2D eigenvalue weighted by atomic mass is 10.1. The van der Waals surface area contributed by atoms with Gasteiger partial charge in [-0.05, 0) is 42.8 Å². The molecule has 5 rings (SSSR count). The highest BCUT2D eigenvalue weighted by Gasteiger charge is 2.33. The second-order valence-corrected chi connectivity index (χ2v) is 8.63. The molecule has 0 unspecified atom stereocenters. The number of aromatic nitrogens is 3. The average molecular weight is 481 g/mol. The van der Waals surface area contributed by atoms with E-state index in [1.54, 1.807) is 12.1 Å². The summed E-state index contributed by atoms with van der Waals surface area (Å²) in [5.74, 6) is 0.197. The van der Waals surface area contributed by atoms with Gasteiger partial charge in [-0.1, -0.05) is 29.8 Å². The largest absolute Gasteiger partial charge is 0.433 e. The summed E-state index contributed by atoms with van der Waals surface area (Å²) in [4.78, 5) is 23.3. The van der Waals surface area contributed by atoms with Gasteiger partial charge in [0.1, 0.15) is 22.9 Å². The first-order valence-electron chi connectivity index (χ1n) is 11.0. The molecule has 1 aliphatic rings. The van der Waals surface area contributed by atoms with Crippen molar-refractivity contribution in [1.82, 2.24) is 14.5 Å². The van der Waals surface area contributed by atoms with Crippen molar-refractivity contribution < 1.29 is 23.1 Å². The fourth-order valence-corrected chi connectivity index (χ4v) is 3.99. The third-order valence-corrected chi connectivity index (χ3v) is 5.92. The van der Waals surface area contributed by atoms with Gasteiger partial charge in [0, 0.05) is 25.0 Å². The van der Waals surface area contributed by atoms with Crippen molar-refractivity contribution in [2.45, 2.75) is 25.7 Å². The van der Waals surface area contributed by atoms with Crippen molar-refractivity contribution >= 4 is 28.4 Å². The van der Waals surface area contributed by atoms with Crippen LogP contribution in [-0.4, -0.2) is 44.7 Å². The molecule has 0 saturated carbocycles. The Bertz CT molecular complexity index is 1380. The number of pyridine rings is 2. The Labute approximate surface area is 198 Å². The Morgan fingerprint density at radius 2 is 1.86 bits per heavy atom. The summed E-state index contributed by atoms with van der Waals surface area (Å²) in [6, 6.07) is 14.7. The second kappa shape index (κ2) is 8.70. The van der Waals surface area contributed by atoms with E-state index in [9.17, 15) is 23.1 Å². The number of anilines is 2. The number of β-amino-alcohol motifs (C(OH)–C–C–N with tert-alkyl or cyclic N) is 1. The lowest BCUT2D eigenvalue weighted by Gasteiger charge is -2.36. The summed E-state index contributed by atoms with van der Waals surface area (Å²) in [6.45, 7) is 3.12. The fourth-order valence-electron chi connectivity index (χ4n) is 3.99. The number of aliphatic hydroxyl groups excluding tert-OH is 1. The smallest absolute Gasteiger partial charge is 0.389 e. The minimum atomic E-state index is -4.60. The van der Waals surface area contributed by atoms with Crippen molar-refractivity contribution in [3.05, 3.63) is 83.3 Å². The zero-order chi connectivity index (χ0) is 24.7. The Morgan fingerprint density at radius 3 is 2.49 bits per heavy atom. The SMILES string of the molecule is Cc1ccc(Cn2c(C(=O)Nc3ccc(N4CC(O)C4)nc3)cc3ccc(C(F)(F)F)nc32)cc1. The number of carbonyl (C=O) groups excluding carboxylic acids is 1. The van der Waals surface area contributed by atoms with Gasteiger partial charge in [-0.3, -0.25) is 4.79 Å². The van der Waals surface area contributed by atoms with Gasteiger partial charge < -0.3 is 19.9 Å². The number of aliphatic hydroxyl groups is 1. The monoisotopic (exact) mass is 481 g/mol. The Morgan fingerprint density at radius 1 is 1.11 bits per heavy atom. The predicted molar refractivity (Wildman–Crippen MR) is 125 cm³/mol. The zero-order valence-electron chi connectivity index (χ0n) is 18.8. The molecule has 0 aliphatic carbocycles. The van der Waals surface area contributed by atoms with Gasteiger partial charge in [-0.15, -0.1) is 0 Å². The molecule has 0 radical (unpaired) electrons. The lowest BCUT2D eigenvalue weighted by molar-refractivity contribution is -0.141.